The number of carbonyl (C=O) groups is 1. The number of likely N-dealkylation sites (tertiary alicyclic amines) is 1. The quantitative estimate of drug-likeness (QED) is 0.562. The minimum atomic E-state index is -0.572. The molecule has 2 fully saturated rings. The van der Waals surface area contributed by atoms with E-state index in [1.54, 1.807) is 6.07 Å². The zero-order valence-corrected chi connectivity index (χ0v) is 20.4. The topological polar surface area (TPSA) is 96.1 Å². The number of fused-ring (bicyclic) bond motifs is 2. The number of benzene rings is 1. The molecule has 2 aromatic heterocycles. The SMILES string of the molecule is CCc1nnc2ccc(N3CCC4(CCN(C[C@H](O)c5ccc6c(c5C)COC6=O)CC4)C3)nn12. The zero-order chi connectivity index (χ0) is 24.2. The van der Waals surface area contributed by atoms with Crippen LogP contribution in [0, 0.1) is 12.3 Å². The summed E-state index contributed by atoms with van der Waals surface area (Å²) in [5.74, 6) is 1.62. The van der Waals surface area contributed by atoms with E-state index in [0.717, 1.165) is 79.4 Å². The number of hydrogen-bond donors (Lipinski definition) is 1. The van der Waals surface area contributed by atoms with Gasteiger partial charge < -0.3 is 19.6 Å². The van der Waals surface area contributed by atoms with Crippen LogP contribution in [-0.4, -0.2) is 68.5 Å². The van der Waals surface area contributed by atoms with Crippen LogP contribution in [0.25, 0.3) is 5.65 Å². The highest BCUT2D eigenvalue weighted by molar-refractivity contribution is 5.93. The number of esters is 1. The number of ether oxygens (including phenoxy) is 1. The number of piperidine rings is 1. The van der Waals surface area contributed by atoms with Crippen molar-refractivity contribution in [3.63, 3.8) is 0 Å². The Hall–Kier alpha value is -3.04. The predicted molar refractivity (Wildman–Crippen MR) is 130 cm³/mol. The first kappa shape index (κ1) is 22.4. The molecule has 3 aromatic rings. The van der Waals surface area contributed by atoms with Crippen LogP contribution in [0.3, 0.4) is 0 Å². The molecule has 0 aliphatic carbocycles. The lowest BCUT2D eigenvalue weighted by molar-refractivity contribution is 0.0534. The van der Waals surface area contributed by atoms with Crippen LogP contribution in [0.4, 0.5) is 5.82 Å². The second-order valence-electron chi connectivity index (χ2n) is 10.3. The molecule has 1 spiro atoms. The summed E-state index contributed by atoms with van der Waals surface area (Å²) in [6.45, 7) is 8.96. The summed E-state index contributed by atoms with van der Waals surface area (Å²) in [5.41, 5.74) is 4.53. The smallest absolute Gasteiger partial charge is 0.338 e. The van der Waals surface area contributed by atoms with Crippen LogP contribution in [0.2, 0.25) is 0 Å². The normalized spacial score (nSPS) is 20.5. The second kappa shape index (κ2) is 8.57. The van der Waals surface area contributed by atoms with Crippen LogP contribution in [0.15, 0.2) is 24.3 Å². The van der Waals surface area contributed by atoms with Crippen molar-refractivity contribution in [3.8, 4) is 0 Å². The third-order valence-electron chi connectivity index (χ3n) is 8.31. The number of anilines is 1. The number of aromatic nitrogens is 4. The van der Waals surface area contributed by atoms with Crippen molar-refractivity contribution in [1.29, 1.82) is 0 Å². The number of aryl methyl sites for hydroxylation is 1. The van der Waals surface area contributed by atoms with E-state index in [1.807, 2.05) is 23.6 Å². The minimum absolute atomic E-state index is 0.265. The molecule has 0 bridgehead atoms. The molecular weight excluding hydrogens is 444 g/mol. The Morgan fingerprint density at radius 1 is 1.11 bits per heavy atom. The number of carbonyl (C=O) groups excluding carboxylic acids is 1. The highest BCUT2D eigenvalue weighted by Crippen LogP contribution is 2.42. The van der Waals surface area contributed by atoms with Crippen molar-refractivity contribution in [1.82, 2.24) is 24.7 Å². The molecule has 0 amide bonds. The summed E-state index contributed by atoms with van der Waals surface area (Å²) >= 11 is 0. The van der Waals surface area contributed by atoms with Gasteiger partial charge >= 0.3 is 5.97 Å². The molecule has 184 valence electrons. The summed E-state index contributed by atoms with van der Waals surface area (Å²) < 4.78 is 7.03. The van der Waals surface area contributed by atoms with E-state index in [1.165, 1.54) is 6.42 Å². The van der Waals surface area contributed by atoms with E-state index < -0.39 is 6.10 Å². The van der Waals surface area contributed by atoms with Crippen LogP contribution in [0.1, 0.15) is 65.2 Å². The summed E-state index contributed by atoms with van der Waals surface area (Å²) in [6, 6.07) is 7.75. The standard InChI is InChI=1S/C26H32N6O3/c1-3-22-27-28-23-6-7-24(29-32(22)23)31-13-10-26(16-31)8-11-30(12-9-26)14-21(33)18-4-5-19-20(17(18)2)15-35-25(19)34/h4-7,21,33H,3,8-16H2,1-2H3/t21-/m0/s1. The molecule has 3 aliphatic heterocycles. The summed E-state index contributed by atoms with van der Waals surface area (Å²) in [4.78, 5) is 16.6. The Kier molecular flexibility index (Phi) is 5.49. The predicted octanol–water partition coefficient (Wildman–Crippen LogP) is 2.69. The first-order valence-corrected chi connectivity index (χ1v) is 12.6. The van der Waals surface area contributed by atoms with E-state index in [0.29, 0.717) is 24.1 Å². The number of cyclic esters (lactones) is 1. The van der Waals surface area contributed by atoms with E-state index in [-0.39, 0.29) is 5.97 Å². The molecule has 6 rings (SSSR count). The van der Waals surface area contributed by atoms with Gasteiger partial charge in [0.1, 0.15) is 12.4 Å². The van der Waals surface area contributed by atoms with Crippen LogP contribution in [0.5, 0.6) is 0 Å². The highest BCUT2D eigenvalue weighted by atomic mass is 16.5. The van der Waals surface area contributed by atoms with E-state index in [9.17, 15) is 9.90 Å². The maximum absolute atomic E-state index is 11.8. The Bertz CT molecular complexity index is 1280. The molecule has 35 heavy (non-hydrogen) atoms. The fourth-order valence-electron chi connectivity index (χ4n) is 6.03. The van der Waals surface area contributed by atoms with Crippen molar-refractivity contribution >= 4 is 17.4 Å². The molecule has 3 aliphatic rings. The molecule has 1 N–H and O–H groups in total. The molecule has 1 atom stereocenters. The second-order valence-corrected chi connectivity index (χ2v) is 10.3. The molecule has 5 heterocycles. The number of hydrogen-bond acceptors (Lipinski definition) is 8. The molecule has 2 saturated heterocycles. The van der Waals surface area contributed by atoms with E-state index in [2.05, 4.69) is 33.0 Å². The Labute approximate surface area is 204 Å². The fraction of sp³-hybridized carbons (Fsp3) is 0.538. The van der Waals surface area contributed by atoms with Gasteiger partial charge in [0.05, 0.1) is 11.7 Å². The first-order valence-electron chi connectivity index (χ1n) is 12.6. The van der Waals surface area contributed by atoms with Crippen LogP contribution >= 0.6 is 0 Å². The van der Waals surface area contributed by atoms with Crippen LogP contribution < -0.4 is 4.90 Å². The summed E-state index contributed by atoms with van der Waals surface area (Å²) in [5, 5.41) is 24.3. The van der Waals surface area contributed by atoms with E-state index >= 15 is 0 Å². The van der Waals surface area contributed by atoms with Gasteiger partial charge in [-0.15, -0.1) is 15.3 Å². The van der Waals surface area contributed by atoms with Gasteiger partial charge in [0, 0.05) is 31.6 Å². The van der Waals surface area contributed by atoms with Crippen molar-refractivity contribution < 1.29 is 14.6 Å². The van der Waals surface area contributed by atoms with Gasteiger partial charge in [-0.05, 0) is 74.0 Å². The fourth-order valence-corrected chi connectivity index (χ4v) is 6.03. The van der Waals surface area contributed by atoms with Crippen LogP contribution in [-0.2, 0) is 17.8 Å². The van der Waals surface area contributed by atoms with Crippen molar-refractivity contribution in [3.05, 3.63) is 52.3 Å². The maximum atomic E-state index is 11.8. The van der Waals surface area contributed by atoms with Gasteiger partial charge in [-0.3, -0.25) is 0 Å². The molecule has 9 heteroatoms. The maximum Gasteiger partial charge on any atom is 0.338 e. The molecule has 0 unspecified atom stereocenters. The molecular formula is C26H32N6O3. The third kappa shape index (κ3) is 3.87. The van der Waals surface area contributed by atoms with Gasteiger partial charge in [-0.2, -0.15) is 4.52 Å². The molecule has 1 aromatic carbocycles. The number of aliphatic hydroxyl groups excluding tert-OH is 1. The lowest BCUT2D eigenvalue weighted by atomic mass is 9.77. The van der Waals surface area contributed by atoms with Crippen molar-refractivity contribution in [2.24, 2.45) is 5.41 Å². The minimum Gasteiger partial charge on any atom is -0.457 e. The summed E-state index contributed by atoms with van der Waals surface area (Å²) in [6.07, 6.45) is 3.65. The van der Waals surface area contributed by atoms with E-state index in [4.69, 9.17) is 9.84 Å². The number of aliphatic hydroxyl groups is 1. The molecule has 9 nitrogen and oxygen atoms in total. The van der Waals surface area contributed by atoms with Gasteiger partial charge in [-0.1, -0.05) is 13.0 Å². The lowest BCUT2D eigenvalue weighted by Crippen LogP contribution is -2.43. The zero-order valence-electron chi connectivity index (χ0n) is 20.4. The van der Waals surface area contributed by atoms with Gasteiger partial charge in [-0.25, -0.2) is 4.79 Å². The third-order valence-corrected chi connectivity index (χ3v) is 8.31. The average molecular weight is 477 g/mol. The number of rotatable bonds is 5. The highest BCUT2D eigenvalue weighted by Gasteiger charge is 2.41. The Morgan fingerprint density at radius 2 is 1.91 bits per heavy atom. The van der Waals surface area contributed by atoms with Gasteiger partial charge in [0.15, 0.2) is 11.5 Å². The Morgan fingerprint density at radius 3 is 2.71 bits per heavy atom. The van der Waals surface area contributed by atoms with Gasteiger partial charge in [0.2, 0.25) is 0 Å². The van der Waals surface area contributed by atoms with Crippen molar-refractivity contribution in [2.75, 3.05) is 37.6 Å². The number of β-amino-alcohol motifs (C(OH)–C–C–N with tert-alkyl or cyclic N) is 1. The lowest BCUT2D eigenvalue weighted by Gasteiger charge is -2.40. The molecule has 0 radical (unpaired) electrons. The Balaban J connectivity index is 1.09. The van der Waals surface area contributed by atoms with Crippen molar-refractivity contribution in [2.45, 2.75) is 52.2 Å². The first-order chi connectivity index (χ1) is 17.0. The van der Waals surface area contributed by atoms with Gasteiger partial charge in [0.25, 0.3) is 0 Å². The number of nitrogens with zero attached hydrogens (tertiary/aromatic N) is 6. The molecule has 0 saturated carbocycles. The summed E-state index contributed by atoms with van der Waals surface area (Å²) in [7, 11) is 0. The largest absolute Gasteiger partial charge is 0.457 e. The average Bonchev–Trinajstić information content (AvgIpc) is 3.58. The monoisotopic (exact) mass is 476 g/mol.